The molecule has 7 heteroatoms. The number of benzene rings is 2. The maximum Gasteiger partial charge on any atom is 0.220 e. The first-order chi connectivity index (χ1) is 10.6. The predicted octanol–water partition coefficient (Wildman–Crippen LogP) is 2.70. The topological polar surface area (TPSA) is 97.6 Å². The highest BCUT2D eigenvalue weighted by Gasteiger charge is 2.14. The number of aryl methyl sites for hydroxylation is 1. The highest BCUT2D eigenvalue weighted by atomic mass is 16.8. The van der Waals surface area contributed by atoms with Gasteiger partial charge < -0.3 is 14.9 Å². The highest BCUT2D eigenvalue weighted by molar-refractivity contribution is 5.94. The van der Waals surface area contributed by atoms with Crippen molar-refractivity contribution in [2.75, 3.05) is 0 Å². The summed E-state index contributed by atoms with van der Waals surface area (Å²) in [6, 6.07) is 13.7. The third-order valence-electron chi connectivity index (χ3n) is 3.44. The Labute approximate surface area is 125 Å². The van der Waals surface area contributed by atoms with E-state index in [1.807, 2.05) is 24.3 Å². The van der Waals surface area contributed by atoms with Crippen LogP contribution in [0.5, 0.6) is 5.88 Å². The first-order valence-electron chi connectivity index (χ1n) is 6.60. The van der Waals surface area contributed by atoms with E-state index in [1.54, 1.807) is 29.8 Å². The summed E-state index contributed by atoms with van der Waals surface area (Å²) in [4.78, 5) is 0. The van der Waals surface area contributed by atoms with Gasteiger partial charge >= 0.3 is 0 Å². The Bertz CT molecular complexity index is 855. The lowest BCUT2D eigenvalue weighted by Crippen LogP contribution is -2.99. The molecule has 22 heavy (non-hydrogen) atoms. The van der Waals surface area contributed by atoms with Crippen LogP contribution < -0.4 is 5.23 Å². The summed E-state index contributed by atoms with van der Waals surface area (Å²) in [6.45, 7) is 0. The molecule has 0 amide bonds. The molecule has 3 rings (SSSR count). The average molecular weight is 298 g/mol. The van der Waals surface area contributed by atoms with Gasteiger partial charge in [-0.25, -0.2) is 5.21 Å². The van der Waals surface area contributed by atoms with Gasteiger partial charge in [0, 0.05) is 18.5 Å². The smallest absolute Gasteiger partial charge is 0.220 e. The highest BCUT2D eigenvalue weighted by Crippen LogP contribution is 2.38. The molecule has 0 saturated heterocycles. The van der Waals surface area contributed by atoms with E-state index in [1.165, 1.54) is 6.07 Å². The molecule has 0 fully saturated rings. The summed E-state index contributed by atoms with van der Waals surface area (Å²) in [5.74, 6) is -0.0160. The number of nitrogens with one attached hydrogen (secondary N) is 1. The Morgan fingerprint density at radius 3 is 2.50 bits per heavy atom. The van der Waals surface area contributed by atoms with E-state index in [2.05, 4.69) is 10.2 Å². The molecule has 0 bridgehead atoms. The van der Waals surface area contributed by atoms with Crippen LogP contribution in [0.25, 0.3) is 10.9 Å². The minimum atomic E-state index is -1.07. The third-order valence-corrected chi connectivity index (χ3v) is 3.44. The van der Waals surface area contributed by atoms with E-state index in [0.717, 1.165) is 10.9 Å². The number of rotatable bonds is 3. The van der Waals surface area contributed by atoms with Crippen molar-refractivity contribution in [2.45, 2.75) is 0 Å². The maximum atomic E-state index is 11.2. The Balaban J connectivity index is 2.10. The van der Waals surface area contributed by atoms with E-state index < -0.39 is 5.23 Å². The molecule has 0 spiro atoms. The van der Waals surface area contributed by atoms with Crippen LogP contribution >= 0.6 is 0 Å². The number of hydrogen-bond donors (Lipinski definition) is 3. The molecule has 3 N–H and O–H groups in total. The molecule has 1 aromatic heterocycles. The fraction of sp³-hybridized carbons (Fsp3) is 0.0667. The molecule has 3 aromatic rings. The second-order valence-electron chi connectivity index (χ2n) is 4.77. The number of aromatic nitrogens is 1. The number of para-hydroxylation sites is 2. The maximum absolute atomic E-state index is 11.2. The molecular weight excluding hydrogens is 284 g/mol. The van der Waals surface area contributed by atoms with Crippen LogP contribution in [-0.4, -0.2) is 14.9 Å². The van der Waals surface area contributed by atoms with Gasteiger partial charge in [0.1, 0.15) is 5.69 Å². The minimum absolute atomic E-state index is 0.0160. The van der Waals surface area contributed by atoms with Gasteiger partial charge in [-0.1, -0.05) is 30.3 Å². The van der Waals surface area contributed by atoms with Crippen molar-refractivity contribution in [3.63, 3.8) is 0 Å². The van der Waals surface area contributed by atoms with Gasteiger partial charge in [0.05, 0.1) is 5.52 Å². The lowest BCUT2D eigenvalue weighted by molar-refractivity contribution is -0.990. The lowest BCUT2D eigenvalue weighted by Gasteiger charge is -2.12. The number of nitrogens with zero attached hydrogens (tertiary/aromatic N) is 3. The molecule has 1 unspecified atom stereocenters. The van der Waals surface area contributed by atoms with E-state index in [4.69, 9.17) is 5.21 Å². The van der Waals surface area contributed by atoms with E-state index in [0.29, 0.717) is 5.69 Å². The summed E-state index contributed by atoms with van der Waals surface area (Å²) in [5.41, 5.74) is 1.44. The Kier molecular flexibility index (Phi) is 3.60. The average Bonchev–Trinajstić information content (AvgIpc) is 2.77. The van der Waals surface area contributed by atoms with E-state index >= 15 is 0 Å². The first-order valence-corrected chi connectivity index (χ1v) is 6.60. The van der Waals surface area contributed by atoms with Gasteiger partial charge in [-0.05, 0) is 12.1 Å². The number of quaternary nitrogens is 1. The van der Waals surface area contributed by atoms with Crippen LogP contribution in [0.3, 0.4) is 0 Å². The summed E-state index contributed by atoms with van der Waals surface area (Å²) in [7, 11) is 1.72. The molecular formula is C15H14N4O3. The van der Waals surface area contributed by atoms with Crippen LogP contribution in [0.2, 0.25) is 0 Å². The van der Waals surface area contributed by atoms with Crippen molar-refractivity contribution in [3.05, 3.63) is 53.7 Å². The van der Waals surface area contributed by atoms with Crippen LogP contribution in [0, 0.1) is 5.21 Å². The normalized spacial score (nSPS) is 13.0. The Morgan fingerprint density at radius 1 is 1.05 bits per heavy atom. The Morgan fingerprint density at radius 2 is 1.73 bits per heavy atom. The number of azo groups is 1. The van der Waals surface area contributed by atoms with Crippen molar-refractivity contribution in [1.29, 1.82) is 0 Å². The van der Waals surface area contributed by atoms with Gasteiger partial charge in [0.15, 0.2) is 11.4 Å². The molecule has 7 nitrogen and oxygen atoms in total. The van der Waals surface area contributed by atoms with Gasteiger partial charge in [-0.3, -0.25) is 0 Å². The molecule has 0 aliphatic heterocycles. The molecule has 1 heterocycles. The molecule has 112 valence electrons. The summed E-state index contributed by atoms with van der Waals surface area (Å²) in [6.07, 6.45) is 0. The van der Waals surface area contributed by atoms with Crippen molar-refractivity contribution in [1.82, 2.24) is 4.57 Å². The van der Waals surface area contributed by atoms with Crippen LogP contribution in [0.15, 0.2) is 58.8 Å². The first kappa shape index (κ1) is 14.2. The van der Waals surface area contributed by atoms with E-state index in [-0.39, 0.29) is 17.3 Å². The minimum Gasteiger partial charge on any atom is -0.595 e. The van der Waals surface area contributed by atoms with Crippen molar-refractivity contribution >= 4 is 28.0 Å². The van der Waals surface area contributed by atoms with Crippen LogP contribution in [0.1, 0.15) is 0 Å². The number of aromatic hydroxyl groups is 1. The van der Waals surface area contributed by atoms with Crippen LogP contribution in [-0.2, 0) is 7.05 Å². The quantitative estimate of drug-likeness (QED) is 0.512. The second kappa shape index (κ2) is 5.57. The number of fused-ring (bicyclic) bond motifs is 1. The van der Waals surface area contributed by atoms with Gasteiger partial charge in [-0.2, -0.15) is 5.23 Å². The molecule has 1 atom stereocenters. The van der Waals surface area contributed by atoms with Crippen molar-refractivity contribution < 1.29 is 15.5 Å². The Hall–Kier alpha value is -2.74. The van der Waals surface area contributed by atoms with E-state index in [9.17, 15) is 10.3 Å². The fourth-order valence-corrected chi connectivity index (χ4v) is 2.30. The monoisotopic (exact) mass is 298 g/mol. The second-order valence-corrected chi connectivity index (χ2v) is 4.77. The standard InChI is InChI=1S/C15H14N4O3/c1-18-12-8-4-2-6-10(12)14(15(18)20)17-16-11-7-3-5-9-13(11)19(21)22/h2-9,19-21H,1H3. The summed E-state index contributed by atoms with van der Waals surface area (Å²) in [5, 5.41) is 38.2. The SMILES string of the molecule is Cn1c(O)c(N=Nc2ccccc2[NH+]([O-])O)c2ccccc21. The van der Waals surface area contributed by atoms with Crippen molar-refractivity contribution in [2.24, 2.45) is 17.3 Å². The fourth-order valence-electron chi connectivity index (χ4n) is 2.30. The lowest BCUT2D eigenvalue weighted by atomic mass is 10.2. The zero-order chi connectivity index (χ0) is 15.7. The largest absolute Gasteiger partial charge is 0.595 e. The molecule has 0 saturated carbocycles. The molecule has 0 aliphatic carbocycles. The predicted molar refractivity (Wildman–Crippen MR) is 81.0 cm³/mol. The summed E-state index contributed by atoms with van der Waals surface area (Å²) < 4.78 is 1.60. The molecule has 0 aliphatic rings. The molecule has 0 radical (unpaired) electrons. The number of hydrogen-bond acceptors (Lipinski definition) is 5. The molecule has 2 aromatic carbocycles. The summed E-state index contributed by atoms with van der Waals surface area (Å²) >= 11 is 0. The van der Waals surface area contributed by atoms with Gasteiger partial charge in [-0.15, -0.1) is 10.2 Å². The zero-order valence-corrected chi connectivity index (χ0v) is 11.8. The third kappa shape index (κ3) is 2.33. The van der Waals surface area contributed by atoms with Crippen molar-refractivity contribution in [3.8, 4) is 5.88 Å². The van der Waals surface area contributed by atoms with Gasteiger partial charge in [0.2, 0.25) is 5.88 Å². The van der Waals surface area contributed by atoms with Crippen LogP contribution in [0.4, 0.5) is 17.1 Å². The zero-order valence-electron chi connectivity index (χ0n) is 11.8. The van der Waals surface area contributed by atoms with Gasteiger partial charge in [0.25, 0.3) is 0 Å².